The Kier molecular flexibility index (Phi) is 3.52. The van der Waals surface area contributed by atoms with Crippen molar-refractivity contribution in [1.29, 1.82) is 0 Å². The summed E-state index contributed by atoms with van der Waals surface area (Å²) in [6.45, 7) is 0. The van der Waals surface area contributed by atoms with Gasteiger partial charge in [-0.25, -0.2) is 0 Å². The van der Waals surface area contributed by atoms with Crippen LogP contribution in [-0.4, -0.2) is 36.8 Å². The summed E-state index contributed by atoms with van der Waals surface area (Å²) >= 11 is 5.97. The van der Waals surface area contributed by atoms with Gasteiger partial charge in [0.25, 0.3) is 5.78 Å². The number of nitrogens with zero attached hydrogens (tertiary/aromatic N) is 4. The number of rotatable bonds is 2. The predicted molar refractivity (Wildman–Crippen MR) is 72.3 cm³/mol. The second-order valence-electron chi connectivity index (χ2n) is 4.89. The van der Waals surface area contributed by atoms with Gasteiger partial charge in [-0.1, -0.05) is 30.9 Å². The third-order valence-corrected chi connectivity index (χ3v) is 3.73. The van der Waals surface area contributed by atoms with Crippen molar-refractivity contribution in [3.63, 3.8) is 0 Å². The summed E-state index contributed by atoms with van der Waals surface area (Å²) in [4.78, 5) is 8.10. The van der Waals surface area contributed by atoms with Crippen LogP contribution in [0.3, 0.4) is 0 Å². The minimum atomic E-state index is -0.340. The fraction of sp³-hybridized carbons (Fsp3) is 0.583. The number of aliphatic hydroxyl groups excluding tert-OH is 1. The van der Waals surface area contributed by atoms with Gasteiger partial charge in [0.15, 0.2) is 0 Å². The first-order valence-corrected chi connectivity index (χ1v) is 6.93. The molecule has 1 fully saturated rings. The first-order valence-electron chi connectivity index (χ1n) is 6.55. The van der Waals surface area contributed by atoms with Crippen LogP contribution in [0.1, 0.15) is 32.1 Å². The Morgan fingerprint density at radius 2 is 2.16 bits per heavy atom. The van der Waals surface area contributed by atoms with E-state index in [9.17, 15) is 5.11 Å². The smallest absolute Gasteiger partial charge is 0.255 e. The maximum absolute atomic E-state index is 10.1. The van der Waals surface area contributed by atoms with E-state index < -0.39 is 0 Å². The van der Waals surface area contributed by atoms with Gasteiger partial charge in [0.2, 0.25) is 0 Å². The van der Waals surface area contributed by atoms with E-state index in [0.717, 1.165) is 31.5 Å². The summed E-state index contributed by atoms with van der Waals surface area (Å²) in [5.41, 5.74) is 0. The van der Waals surface area contributed by atoms with E-state index in [1.54, 1.807) is 10.6 Å². The monoisotopic (exact) mass is 281 g/mol. The first kappa shape index (κ1) is 12.6. The molecule has 0 radical (unpaired) electrons. The maximum Gasteiger partial charge on any atom is 0.255 e. The molecule has 6 nitrogen and oxygen atoms in total. The van der Waals surface area contributed by atoms with Gasteiger partial charge in [-0.15, -0.1) is 0 Å². The zero-order chi connectivity index (χ0) is 13.2. The molecular weight excluding hydrogens is 266 g/mol. The summed E-state index contributed by atoms with van der Waals surface area (Å²) in [6, 6.07) is 1.73. The number of halogens is 1. The van der Waals surface area contributed by atoms with Crippen molar-refractivity contribution in [2.24, 2.45) is 0 Å². The van der Waals surface area contributed by atoms with E-state index in [0.29, 0.717) is 10.9 Å². The molecule has 0 spiro atoms. The quantitative estimate of drug-likeness (QED) is 0.649. The van der Waals surface area contributed by atoms with E-state index in [-0.39, 0.29) is 12.1 Å². The average molecular weight is 282 g/mol. The highest BCUT2D eigenvalue weighted by molar-refractivity contribution is 6.29. The molecule has 1 saturated carbocycles. The fourth-order valence-electron chi connectivity index (χ4n) is 2.53. The molecule has 0 aromatic carbocycles. The summed E-state index contributed by atoms with van der Waals surface area (Å²) < 4.78 is 1.60. The summed E-state index contributed by atoms with van der Waals surface area (Å²) in [7, 11) is 0. The van der Waals surface area contributed by atoms with E-state index in [4.69, 9.17) is 11.6 Å². The Balaban J connectivity index is 1.89. The van der Waals surface area contributed by atoms with Gasteiger partial charge in [-0.2, -0.15) is 19.6 Å². The van der Waals surface area contributed by atoms with Crippen molar-refractivity contribution < 1.29 is 5.11 Å². The maximum atomic E-state index is 10.1. The van der Waals surface area contributed by atoms with Crippen LogP contribution in [0.25, 0.3) is 5.78 Å². The molecule has 2 heterocycles. The molecule has 2 atom stereocenters. The zero-order valence-electron chi connectivity index (χ0n) is 10.5. The molecular formula is C12H16ClN5O. The third-order valence-electron chi connectivity index (χ3n) is 3.53. The predicted octanol–water partition coefficient (Wildman–Crippen LogP) is 1.88. The molecule has 102 valence electrons. The van der Waals surface area contributed by atoms with Gasteiger partial charge in [0.05, 0.1) is 12.1 Å². The normalized spacial score (nSPS) is 24.3. The lowest BCUT2D eigenvalue weighted by molar-refractivity contribution is 0.144. The van der Waals surface area contributed by atoms with Gasteiger partial charge in [0, 0.05) is 6.07 Å². The van der Waals surface area contributed by atoms with Crippen molar-refractivity contribution in [1.82, 2.24) is 19.6 Å². The summed E-state index contributed by atoms with van der Waals surface area (Å²) in [6.07, 6.45) is 6.24. The van der Waals surface area contributed by atoms with Gasteiger partial charge in [0.1, 0.15) is 17.3 Å². The second-order valence-corrected chi connectivity index (χ2v) is 5.28. The SMILES string of the molecule is OC1CCCCCC1Nc1cc(Cl)nc2ncnn12. The number of hydrogen-bond donors (Lipinski definition) is 2. The number of aliphatic hydroxyl groups is 1. The highest BCUT2D eigenvalue weighted by atomic mass is 35.5. The van der Waals surface area contributed by atoms with Crippen LogP contribution in [0, 0.1) is 0 Å². The number of hydrogen-bond acceptors (Lipinski definition) is 5. The number of nitrogens with one attached hydrogen (secondary N) is 1. The van der Waals surface area contributed by atoms with Gasteiger partial charge in [-0.05, 0) is 12.8 Å². The molecule has 0 saturated heterocycles. The topological polar surface area (TPSA) is 75.3 Å². The zero-order valence-corrected chi connectivity index (χ0v) is 11.2. The lowest BCUT2D eigenvalue weighted by Gasteiger charge is -2.22. The number of anilines is 1. The molecule has 0 aliphatic heterocycles. The van der Waals surface area contributed by atoms with Crippen LogP contribution < -0.4 is 5.32 Å². The first-order chi connectivity index (χ1) is 9.24. The Bertz CT molecular complexity index is 572. The van der Waals surface area contributed by atoms with Crippen molar-refractivity contribution in [3.05, 3.63) is 17.5 Å². The van der Waals surface area contributed by atoms with Crippen LogP contribution in [-0.2, 0) is 0 Å². The summed E-state index contributed by atoms with van der Waals surface area (Å²) in [5, 5.41) is 18.0. The second kappa shape index (κ2) is 5.30. The van der Waals surface area contributed by atoms with Crippen LogP contribution in [0.5, 0.6) is 0 Å². The highest BCUT2D eigenvalue weighted by Crippen LogP contribution is 2.23. The van der Waals surface area contributed by atoms with E-state index >= 15 is 0 Å². The van der Waals surface area contributed by atoms with E-state index in [1.807, 2.05) is 0 Å². The van der Waals surface area contributed by atoms with Gasteiger partial charge < -0.3 is 10.4 Å². The largest absolute Gasteiger partial charge is 0.391 e. The molecule has 1 aliphatic rings. The molecule has 2 aromatic heterocycles. The lowest BCUT2D eigenvalue weighted by atomic mass is 10.1. The third kappa shape index (κ3) is 2.64. The molecule has 7 heteroatoms. The lowest BCUT2D eigenvalue weighted by Crippen LogP contribution is -2.33. The van der Waals surface area contributed by atoms with E-state index in [1.165, 1.54) is 12.7 Å². The Hall–Kier alpha value is -1.40. The van der Waals surface area contributed by atoms with Gasteiger partial charge >= 0.3 is 0 Å². The van der Waals surface area contributed by atoms with Crippen molar-refractivity contribution in [2.45, 2.75) is 44.2 Å². The minimum Gasteiger partial charge on any atom is -0.391 e. The van der Waals surface area contributed by atoms with Crippen molar-refractivity contribution in [2.75, 3.05) is 5.32 Å². The Morgan fingerprint density at radius 1 is 1.32 bits per heavy atom. The molecule has 2 unspecified atom stereocenters. The van der Waals surface area contributed by atoms with Crippen LogP contribution in [0.4, 0.5) is 5.82 Å². The van der Waals surface area contributed by atoms with E-state index in [2.05, 4.69) is 20.4 Å². The summed E-state index contributed by atoms with van der Waals surface area (Å²) in [5.74, 6) is 1.18. The van der Waals surface area contributed by atoms with Gasteiger partial charge in [-0.3, -0.25) is 0 Å². The molecule has 3 rings (SSSR count). The van der Waals surface area contributed by atoms with Crippen LogP contribution >= 0.6 is 11.6 Å². The standard InChI is InChI=1S/C12H16ClN5O/c13-10-6-11(18-12(17-10)14-7-15-18)16-8-4-2-1-3-5-9(8)19/h6-9,16,19H,1-5H2. The highest BCUT2D eigenvalue weighted by Gasteiger charge is 2.22. The molecule has 2 aromatic rings. The van der Waals surface area contributed by atoms with Crippen molar-refractivity contribution >= 4 is 23.2 Å². The Labute approximate surface area is 115 Å². The van der Waals surface area contributed by atoms with Crippen molar-refractivity contribution in [3.8, 4) is 0 Å². The molecule has 19 heavy (non-hydrogen) atoms. The Morgan fingerprint density at radius 3 is 3.05 bits per heavy atom. The molecule has 2 N–H and O–H groups in total. The number of aromatic nitrogens is 4. The minimum absolute atomic E-state index is 0.0216. The fourth-order valence-corrected chi connectivity index (χ4v) is 2.71. The molecule has 1 aliphatic carbocycles. The van der Waals surface area contributed by atoms with Crippen LogP contribution in [0.15, 0.2) is 12.4 Å². The molecule has 0 amide bonds. The average Bonchev–Trinajstić information content (AvgIpc) is 2.75. The molecule has 0 bridgehead atoms. The van der Waals surface area contributed by atoms with Crippen LogP contribution in [0.2, 0.25) is 5.15 Å². The number of fused-ring (bicyclic) bond motifs is 1.